The van der Waals surface area contributed by atoms with Gasteiger partial charge in [0.2, 0.25) is 10.0 Å². The topological polar surface area (TPSA) is 79.3 Å². The Morgan fingerprint density at radius 3 is 2.67 bits per heavy atom. The average Bonchev–Trinajstić information content (AvgIpc) is 3.04. The van der Waals surface area contributed by atoms with Gasteiger partial charge in [0.05, 0.1) is 16.4 Å². The van der Waals surface area contributed by atoms with Gasteiger partial charge in [-0.1, -0.05) is 6.92 Å². The third-order valence-corrected chi connectivity index (χ3v) is 7.88. The van der Waals surface area contributed by atoms with Crippen LogP contribution in [0, 0.1) is 0 Å². The highest BCUT2D eigenvalue weighted by Crippen LogP contribution is 2.32. The molecule has 0 bridgehead atoms. The number of rotatable bonds is 6. The summed E-state index contributed by atoms with van der Waals surface area (Å²) >= 11 is 5.94. The largest absolute Gasteiger partial charge is 0.391 e. The Labute approximate surface area is 140 Å². The second kappa shape index (κ2) is 6.84. The number of nitrogens with one attached hydrogen (secondary N) is 1. The molecule has 0 aliphatic rings. The second-order valence-electron chi connectivity index (χ2n) is 4.37. The van der Waals surface area contributed by atoms with Crippen molar-refractivity contribution in [2.24, 2.45) is 0 Å². The summed E-state index contributed by atoms with van der Waals surface area (Å²) in [6.07, 6.45) is 2.66. The normalized spacial score (nSPS) is 13.5. The fraction of sp³-hybridized carbons (Fsp3) is 0.417. The third kappa shape index (κ3) is 3.91. The van der Waals surface area contributed by atoms with E-state index >= 15 is 0 Å². The fourth-order valence-electron chi connectivity index (χ4n) is 1.69. The summed E-state index contributed by atoms with van der Waals surface area (Å²) in [5.41, 5.74) is 0. The first-order valence-corrected chi connectivity index (χ1v) is 10.1. The summed E-state index contributed by atoms with van der Waals surface area (Å²) in [5, 5.41) is 9.84. The predicted molar refractivity (Wildman–Crippen MR) is 88.2 cm³/mol. The zero-order valence-corrected chi connectivity index (χ0v) is 15.5. The van der Waals surface area contributed by atoms with E-state index in [0.717, 1.165) is 16.3 Å². The Kier molecular flexibility index (Phi) is 5.55. The van der Waals surface area contributed by atoms with E-state index in [1.807, 2.05) is 6.92 Å². The van der Waals surface area contributed by atoms with Crippen LogP contribution in [0.4, 0.5) is 0 Å². The van der Waals surface area contributed by atoms with Crippen molar-refractivity contribution < 1.29 is 13.5 Å². The van der Waals surface area contributed by atoms with Gasteiger partial charge in [-0.15, -0.1) is 22.7 Å². The van der Waals surface area contributed by atoms with Crippen molar-refractivity contribution in [3.63, 3.8) is 0 Å². The molecule has 0 spiro atoms. The van der Waals surface area contributed by atoms with E-state index in [1.54, 1.807) is 13.1 Å². The van der Waals surface area contributed by atoms with Gasteiger partial charge in [0, 0.05) is 16.0 Å². The molecule has 0 saturated heterocycles. The van der Waals surface area contributed by atoms with E-state index in [2.05, 4.69) is 25.6 Å². The fourth-order valence-corrected chi connectivity index (χ4v) is 6.38. The molecular formula is C12H15BrN2O3S3. The molecule has 21 heavy (non-hydrogen) atoms. The first-order valence-electron chi connectivity index (χ1n) is 6.23. The van der Waals surface area contributed by atoms with E-state index in [1.165, 1.54) is 28.7 Å². The van der Waals surface area contributed by atoms with Gasteiger partial charge in [-0.2, -0.15) is 0 Å². The van der Waals surface area contributed by atoms with Gasteiger partial charge in [0.25, 0.3) is 0 Å². The van der Waals surface area contributed by atoms with Crippen molar-refractivity contribution in [1.82, 2.24) is 9.71 Å². The van der Waals surface area contributed by atoms with Gasteiger partial charge in [-0.3, -0.25) is 0 Å². The molecule has 9 heteroatoms. The number of aromatic nitrogens is 1. The predicted octanol–water partition coefficient (Wildman–Crippen LogP) is 3.06. The lowest BCUT2D eigenvalue weighted by Gasteiger charge is -2.11. The van der Waals surface area contributed by atoms with E-state index in [0.29, 0.717) is 8.66 Å². The number of nitrogens with zero attached hydrogens (tertiary/aromatic N) is 1. The molecule has 0 fully saturated rings. The molecule has 1 unspecified atom stereocenters. The zero-order valence-electron chi connectivity index (χ0n) is 11.5. The summed E-state index contributed by atoms with van der Waals surface area (Å²) in [7, 11) is -3.66. The van der Waals surface area contributed by atoms with Crippen LogP contribution in [0.1, 0.15) is 34.7 Å². The lowest BCUT2D eigenvalue weighted by Crippen LogP contribution is -2.26. The van der Waals surface area contributed by atoms with Crippen LogP contribution in [0.3, 0.4) is 0 Å². The number of aliphatic hydroxyl groups is 1. The van der Waals surface area contributed by atoms with Crippen LogP contribution in [0.5, 0.6) is 0 Å². The number of aliphatic hydroxyl groups excluding tert-OH is 1. The highest BCUT2D eigenvalue weighted by atomic mass is 79.9. The minimum absolute atomic E-state index is 0.149. The van der Waals surface area contributed by atoms with Gasteiger partial charge >= 0.3 is 0 Å². The van der Waals surface area contributed by atoms with Gasteiger partial charge in [0.15, 0.2) is 0 Å². The lowest BCUT2D eigenvalue weighted by atomic mass is 10.4. The number of thiazole rings is 1. The number of sulfonamides is 1. The van der Waals surface area contributed by atoms with Crippen LogP contribution >= 0.6 is 38.6 Å². The van der Waals surface area contributed by atoms with Gasteiger partial charge in [-0.05, 0) is 35.3 Å². The SMILES string of the molecule is CCc1cnc(C(C)NS(=O)(=O)c2cc(CO)sc2Br)s1. The lowest BCUT2D eigenvalue weighted by molar-refractivity contribution is 0.285. The van der Waals surface area contributed by atoms with Crippen LogP contribution in [-0.2, 0) is 23.1 Å². The van der Waals surface area contributed by atoms with E-state index in [-0.39, 0.29) is 11.5 Å². The molecule has 0 saturated carbocycles. The van der Waals surface area contributed by atoms with Crippen LogP contribution in [-0.4, -0.2) is 18.5 Å². The molecule has 1 atom stereocenters. The molecule has 0 aliphatic carbocycles. The van der Waals surface area contributed by atoms with Crippen molar-refractivity contribution in [2.45, 2.75) is 37.8 Å². The maximum atomic E-state index is 12.4. The number of hydrogen-bond acceptors (Lipinski definition) is 6. The Morgan fingerprint density at radius 1 is 1.43 bits per heavy atom. The van der Waals surface area contributed by atoms with E-state index in [9.17, 15) is 8.42 Å². The smallest absolute Gasteiger partial charge is 0.243 e. The molecule has 2 heterocycles. The summed E-state index contributed by atoms with van der Waals surface area (Å²) in [5.74, 6) is 0. The van der Waals surface area contributed by atoms with E-state index < -0.39 is 16.1 Å². The molecule has 2 aromatic heterocycles. The second-order valence-corrected chi connectivity index (χ2v) is 9.65. The van der Waals surface area contributed by atoms with Crippen LogP contribution < -0.4 is 4.72 Å². The molecule has 116 valence electrons. The standard InChI is InChI=1S/C12H15BrN2O3S3/c1-3-8-5-14-12(20-8)7(2)15-21(17,18)10-4-9(6-16)19-11(10)13/h4-5,7,15-16H,3,6H2,1-2H3. The highest BCUT2D eigenvalue weighted by Gasteiger charge is 2.24. The minimum atomic E-state index is -3.66. The van der Waals surface area contributed by atoms with Crippen molar-refractivity contribution in [1.29, 1.82) is 0 Å². The molecule has 2 rings (SSSR count). The number of hydrogen-bond donors (Lipinski definition) is 2. The quantitative estimate of drug-likeness (QED) is 0.766. The Morgan fingerprint density at radius 2 is 2.14 bits per heavy atom. The number of thiophene rings is 1. The van der Waals surface area contributed by atoms with Gasteiger partial charge in [-0.25, -0.2) is 18.1 Å². The van der Waals surface area contributed by atoms with Crippen LogP contribution in [0.15, 0.2) is 20.9 Å². The van der Waals surface area contributed by atoms with Gasteiger partial charge in [0.1, 0.15) is 9.90 Å². The zero-order chi connectivity index (χ0) is 15.6. The average molecular weight is 411 g/mol. The van der Waals surface area contributed by atoms with Gasteiger partial charge < -0.3 is 5.11 Å². The van der Waals surface area contributed by atoms with Crippen molar-refractivity contribution in [3.05, 3.63) is 30.8 Å². The van der Waals surface area contributed by atoms with Crippen molar-refractivity contribution in [2.75, 3.05) is 0 Å². The first kappa shape index (κ1) is 17.0. The minimum Gasteiger partial charge on any atom is -0.391 e. The molecule has 0 aliphatic heterocycles. The summed E-state index contributed by atoms with van der Waals surface area (Å²) in [6, 6.07) is 1.08. The molecule has 0 amide bonds. The molecule has 2 aromatic rings. The Hall–Kier alpha value is -0.320. The van der Waals surface area contributed by atoms with E-state index in [4.69, 9.17) is 5.11 Å². The highest BCUT2D eigenvalue weighted by molar-refractivity contribution is 9.11. The maximum Gasteiger partial charge on any atom is 0.243 e. The number of halogens is 1. The summed E-state index contributed by atoms with van der Waals surface area (Å²) < 4.78 is 27.9. The molecule has 5 nitrogen and oxygen atoms in total. The molecule has 0 radical (unpaired) electrons. The van der Waals surface area contributed by atoms with Crippen molar-refractivity contribution >= 4 is 48.6 Å². The third-order valence-electron chi connectivity index (χ3n) is 2.77. The first-order chi connectivity index (χ1) is 9.87. The maximum absolute atomic E-state index is 12.4. The Bertz CT molecular complexity index is 724. The summed E-state index contributed by atoms with van der Waals surface area (Å²) in [4.78, 5) is 6.12. The van der Waals surface area contributed by atoms with Crippen LogP contribution in [0.2, 0.25) is 0 Å². The van der Waals surface area contributed by atoms with Crippen molar-refractivity contribution in [3.8, 4) is 0 Å². The molecular weight excluding hydrogens is 396 g/mol. The van der Waals surface area contributed by atoms with Crippen LogP contribution in [0.25, 0.3) is 0 Å². The number of aryl methyl sites for hydroxylation is 1. The molecule has 0 aromatic carbocycles. The monoisotopic (exact) mass is 410 g/mol. The summed E-state index contributed by atoms with van der Waals surface area (Å²) in [6.45, 7) is 3.62. The molecule has 2 N–H and O–H groups in total. The Balaban J connectivity index is 2.21.